The molecule has 0 saturated heterocycles. The topological polar surface area (TPSA) is 237 Å². The van der Waals surface area contributed by atoms with E-state index in [9.17, 15) is 43.2 Å². The highest BCUT2D eigenvalue weighted by Crippen LogP contribution is 2.45. The average molecular weight is 1370 g/mol. The summed E-state index contributed by atoms with van der Waals surface area (Å²) in [5, 5.41) is 10.6. The quantitative estimate of drug-likeness (QED) is 0.0222. The van der Waals surface area contributed by atoms with Gasteiger partial charge in [-0.1, -0.05) is 319 Å². The third kappa shape index (κ3) is 64.5. The fraction of sp³-hybridized carbons (Fsp3) is 0.946. The Morgan fingerprint density at radius 3 is 0.763 bits per heavy atom. The molecule has 0 aromatic rings. The number of ether oxygens (including phenoxy) is 4. The zero-order valence-corrected chi connectivity index (χ0v) is 62.7. The second-order valence-corrected chi connectivity index (χ2v) is 30.8. The van der Waals surface area contributed by atoms with E-state index in [4.69, 9.17) is 37.0 Å². The summed E-state index contributed by atoms with van der Waals surface area (Å²) in [7, 11) is -9.90. The molecule has 0 rings (SSSR count). The number of aliphatic hydroxyl groups is 1. The van der Waals surface area contributed by atoms with Crippen molar-refractivity contribution in [3.05, 3.63) is 0 Å². The Kier molecular flexibility index (Phi) is 62.2. The van der Waals surface area contributed by atoms with Gasteiger partial charge in [0.05, 0.1) is 26.4 Å². The van der Waals surface area contributed by atoms with Crippen LogP contribution in [0.2, 0.25) is 0 Å². The standard InChI is InChI=1S/C74H144O17P2/c1-9-65(6)51-43-35-26-22-20-18-16-14-12-13-15-17-19-21-23-28-38-46-54-71(76)84-60-70(91-74(79)57-49-41-32-30-34-42-50-64(4)5)63-89-93(82,83)87-59-68(75)58-86-92(80,81)88-62-69(61-85-72(77)55-47-39-33-31-37-45-53-67(8)11-3)90-73(78)56-48-40-29-25-24-27-36-44-52-66(7)10-2/h64-70,75H,9-63H2,1-8H3,(H,80,81)(H,82,83)/t65?,66?,67?,68-,69+,70+/m0/s1. The van der Waals surface area contributed by atoms with Crippen LogP contribution in [0.4, 0.5) is 0 Å². The molecule has 0 aromatic carbocycles. The highest BCUT2D eigenvalue weighted by atomic mass is 31.2. The van der Waals surface area contributed by atoms with Gasteiger partial charge in [-0.15, -0.1) is 0 Å². The van der Waals surface area contributed by atoms with Gasteiger partial charge in [0.2, 0.25) is 0 Å². The molecule has 552 valence electrons. The maximum absolute atomic E-state index is 13.0. The van der Waals surface area contributed by atoms with Crippen LogP contribution in [-0.4, -0.2) is 96.7 Å². The van der Waals surface area contributed by atoms with E-state index in [-0.39, 0.29) is 25.7 Å². The Hall–Kier alpha value is -1.94. The van der Waals surface area contributed by atoms with Crippen LogP contribution in [0.25, 0.3) is 0 Å². The Bertz CT molecular complexity index is 1840. The highest BCUT2D eigenvalue weighted by molar-refractivity contribution is 7.47. The first kappa shape index (κ1) is 91.1. The van der Waals surface area contributed by atoms with Crippen LogP contribution in [0.3, 0.4) is 0 Å². The lowest BCUT2D eigenvalue weighted by atomic mass is 9.99. The first-order valence-electron chi connectivity index (χ1n) is 38.3. The van der Waals surface area contributed by atoms with Crippen molar-refractivity contribution in [1.29, 1.82) is 0 Å². The number of phosphoric acid groups is 2. The maximum Gasteiger partial charge on any atom is 0.472 e. The van der Waals surface area contributed by atoms with Gasteiger partial charge >= 0.3 is 39.5 Å². The molecule has 0 heterocycles. The summed E-state index contributed by atoms with van der Waals surface area (Å²) >= 11 is 0. The smallest absolute Gasteiger partial charge is 0.462 e. The van der Waals surface area contributed by atoms with Crippen molar-refractivity contribution in [3.63, 3.8) is 0 Å². The molecule has 0 spiro atoms. The minimum atomic E-state index is -4.95. The normalized spacial score (nSPS) is 15.1. The predicted octanol–water partition coefficient (Wildman–Crippen LogP) is 21.3. The third-order valence-electron chi connectivity index (χ3n) is 18.2. The molecule has 17 nitrogen and oxygen atoms in total. The number of phosphoric ester groups is 2. The van der Waals surface area contributed by atoms with Gasteiger partial charge in [0.15, 0.2) is 12.2 Å². The minimum Gasteiger partial charge on any atom is -0.462 e. The number of hydrogen-bond donors (Lipinski definition) is 3. The van der Waals surface area contributed by atoms with Gasteiger partial charge in [-0.3, -0.25) is 37.3 Å². The second-order valence-electron chi connectivity index (χ2n) is 27.9. The van der Waals surface area contributed by atoms with Crippen molar-refractivity contribution in [2.75, 3.05) is 39.6 Å². The molecule has 3 N–H and O–H groups in total. The van der Waals surface area contributed by atoms with Gasteiger partial charge in [-0.05, 0) is 49.4 Å². The van der Waals surface area contributed by atoms with Crippen LogP contribution in [0.1, 0.15) is 370 Å². The summed E-state index contributed by atoms with van der Waals surface area (Å²) in [4.78, 5) is 72.6. The lowest BCUT2D eigenvalue weighted by molar-refractivity contribution is -0.161. The number of hydrogen-bond acceptors (Lipinski definition) is 15. The number of carbonyl (C=O) groups excluding carboxylic acids is 4. The molecular formula is C74H144O17P2. The summed E-state index contributed by atoms with van der Waals surface area (Å²) in [6, 6.07) is 0. The lowest BCUT2D eigenvalue weighted by Crippen LogP contribution is -2.30. The summed E-state index contributed by atoms with van der Waals surface area (Å²) in [6.07, 6.45) is 47.5. The molecule has 8 atom stereocenters. The van der Waals surface area contributed by atoms with E-state index in [1.807, 2.05) is 0 Å². The van der Waals surface area contributed by atoms with Crippen LogP contribution < -0.4 is 0 Å². The largest absolute Gasteiger partial charge is 0.472 e. The van der Waals surface area contributed by atoms with Crippen molar-refractivity contribution in [3.8, 4) is 0 Å². The van der Waals surface area contributed by atoms with Crippen molar-refractivity contribution in [2.45, 2.75) is 388 Å². The highest BCUT2D eigenvalue weighted by Gasteiger charge is 2.30. The number of esters is 4. The lowest BCUT2D eigenvalue weighted by Gasteiger charge is -2.21. The van der Waals surface area contributed by atoms with Crippen molar-refractivity contribution >= 4 is 39.5 Å². The van der Waals surface area contributed by atoms with E-state index in [0.29, 0.717) is 31.6 Å². The number of unbranched alkanes of at least 4 members (excludes halogenated alkanes) is 34. The van der Waals surface area contributed by atoms with Crippen LogP contribution in [-0.2, 0) is 65.4 Å². The molecule has 0 amide bonds. The van der Waals surface area contributed by atoms with E-state index < -0.39 is 97.5 Å². The fourth-order valence-corrected chi connectivity index (χ4v) is 12.7. The molecule has 0 bridgehead atoms. The molecule has 0 aromatic heterocycles. The van der Waals surface area contributed by atoms with Gasteiger partial charge in [-0.2, -0.15) is 0 Å². The van der Waals surface area contributed by atoms with Crippen molar-refractivity contribution in [2.24, 2.45) is 23.7 Å². The third-order valence-corrected chi connectivity index (χ3v) is 20.1. The molecular weight excluding hydrogens is 1220 g/mol. The molecule has 0 saturated carbocycles. The van der Waals surface area contributed by atoms with Gasteiger partial charge in [0.25, 0.3) is 0 Å². The molecule has 0 aliphatic heterocycles. The zero-order chi connectivity index (χ0) is 68.9. The molecule has 0 aliphatic carbocycles. The Balaban J connectivity index is 5.11. The first-order valence-corrected chi connectivity index (χ1v) is 41.3. The van der Waals surface area contributed by atoms with Gasteiger partial charge < -0.3 is 33.8 Å². The average Bonchev–Trinajstić information content (AvgIpc) is 2.23. The van der Waals surface area contributed by atoms with E-state index in [2.05, 4.69) is 55.4 Å². The molecule has 93 heavy (non-hydrogen) atoms. The number of carbonyl (C=O) groups is 4. The van der Waals surface area contributed by atoms with Crippen LogP contribution in [0.5, 0.6) is 0 Å². The molecule has 19 heteroatoms. The van der Waals surface area contributed by atoms with Gasteiger partial charge in [0, 0.05) is 25.7 Å². The minimum absolute atomic E-state index is 0.102. The van der Waals surface area contributed by atoms with E-state index >= 15 is 0 Å². The molecule has 0 fully saturated rings. The molecule has 0 aliphatic rings. The van der Waals surface area contributed by atoms with E-state index in [0.717, 1.165) is 114 Å². The fourth-order valence-electron chi connectivity index (χ4n) is 11.1. The van der Waals surface area contributed by atoms with Crippen molar-refractivity contribution < 1.29 is 80.2 Å². The van der Waals surface area contributed by atoms with E-state index in [1.54, 1.807) is 0 Å². The van der Waals surface area contributed by atoms with Crippen molar-refractivity contribution in [1.82, 2.24) is 0 Å². The summed E-state index contributed by atoms with van der Waals surface area (Å²) < 4.78 is 68.3. The van der Waals surface area contributed by atoms with Gasteiger partial charge in [0.1, 0.15) is 19.3 Å². The number of aliphatic hydroxyl groups excluding tert-OH is 1. The maximum atomic E-state index is 13.0. The Labute approximate surface area is 568 Å². The Morgan fingerprint density at radius 2 is 0.516 bits per heavy atom. The zero-order valence-electron chi connectivity index (χ0n) is 60.9. The second kappa shape index (κ2) is 63.5. The SMILES string of the molecule is CCC(C)CCCCCCCCCCCCCCCCCCCCC(=O)OC[C@H](COP(=O)(O)OC[C@@H](O)COP(=O)(O)OC[C@@H](COC(=O)CCCCCCCCC(C)CC)OC(=O)CCCCCCCCCCC(C)CC)OC(=O)CCCCCCCCC(C)C. The van der Waals surface area contributed by atoms with Crippen LogP contribution in [0.15, 0.2) is 0 Å². The molecule has 0 radical (unpaired) electrons. The summed E-state index contributed by atoms with van der Waals surface area (Å²) in [5.41, 5.74) is 0. The molecule has 5 unspecified atom stereocenters. The van der Waals surface area contributed by atoms with Crippen LogP contribution >= 0.6 is 15.6 Å². The predicted molar refractivity (Wildman–Crippen MR) is 377 cm³/mol. The van der Waals surface area contributed by atoms with E-state index in [1.165, 1.54) is 167 Å². The monoisotopic (exact) mass is 1370 g/mol. The summed E-state index contributed by atoms with van der Waals surface area (Å²) in [5.74, 6) is 0.911. The van der Waals surface area contributed by atoms with Crippen LogP contribution in [0, 0.1) is 23.7 Å². The number of rotatable bonds is 71. The summed E-state index contributed by atoms with van der Waals surface area (Å²) in [6.45, 7) is 14.1. The van der Waals surface area contributed by atoms with Gasteiger partial charge in [-0.25, -0.2) is 9.13 Å². The Morgan fingerprint density at radius 1 is 0.301 bits per heavy atom. The first-order chi connectivity index (χ1) is 44.7.